The molecule has 1 aliphatic rings. The lowest BCUT2D eigenvalue weighted by Gasteiger charge is -2.25. The molecule has 4 rings (SSSR count). The summed E-state index contributed by atoms with van der Waals surface area (Å²) in [7, 11) is 1.57. The molecule has 0 amide bonds. The molecule has 0 radical (unpaired) electrons. The molecule has 3 aromatic rings. The fourth-order valence-electron chi connectivity index (χ4n) is 3.57. The number of para-hydroxylation sites is 1. The van der Waals surface area contributed by atoms with Crippen LogP contribution >= 0.6 is 11.5 Å². The topological polar surface area (TPSA) is 73.1 Å². The molecule has 0 spiro atoms. The molecule has 2 aromatic heterocycles. The molecule has 148 valence electrons. The summed E-state index contributed by atoms with van der Waals surface area (Å²) in [4.78, 5) is 24.0. The number of rotatable bonds is 6. The number of fused-ring (bicyclic) bond motifs is 1. The average molecular weight is 407 g/mol. The Balaban J connectivity index is 1.80. The molecule has 1 fully saturated rings. The summed E-state index contributed by atoms with van der Waals surface area (Å²) in [5, 5.41) is 1.02. The minimum Gasteiger partial charge on any atom is -0.377 e. The summed E-state index contributed by atoms with van der Waals surface area (Å²) in [6, 6.07) is 6.53. The molecule has 1 unspecified atom stereocenters. The molecule has 7 nitrogen and oxygen atoms in total. The van der Waals surface area contributed by atoms with Crippen molar-refractivity contribution in [1.29, 1.82) is 0 Å². The standard InChI is InChI=1S/C18H19F2N5O2S/c1-27-10-15-22-18(28-23-15)24-8-4-7-13(24)16-21-12-6-3-2-5-11(12)17(26)25(16)9-14(19)20/h2-3,5-6,13-14H,4,7-10H2,1H3. The van der Waals surface area contributed by atoms with Crippen molar-refractivity contribution in [3.05, 3.63) is 46.3 Å². The van der Waals surface area contributed by atoms with E-state index in [4.69, 9.17) is 4.74 Å². The van der Waals surface area contributed by atoms with Crippen molar-refractivity contribution >= 4 is 27.6 Å². The first-order chi connectivity index (χ1) is 13.6. The lowest BCUT2D eigenvalue weighted by atomic mass is 10.1. The molecule has 1 atom stereocenters. The van der Waals surface area contributed by atoms with Gasteiger partial charge in [-0.1, -0.05) is 12.1 Å². The second-order valence-corrected chi connectivity index (χ2v) is 7.30. The second kappa shape index (κ2) is 7.88. The quantitative estimate of drug-likeness (QED) is 0.626. The van der Waals surface area contributed by atoms with E-state index in [0.29, 0.717) is 47.3 Å². The molecule has 0 aliphatic carbocycles. The molecule has 1 aliphatic heterocycles. The zero-order chi connectivity index (χ0) is 19.7. The van der Waals surface area contributed by atoms with Crippen molar-refractivity contribution in [2.75, 3.05) is 18.6 Å². The van der Waals surface area contributed by atoms with Crippen LogP contribution in [0.25, 0.3) is 10.9 Å². The first kappa shape index (κ1) is 18.9. The van der Waals surface area contributed by atoms with Crippen molar-refractivity contribution in [3.63, 3.8) is 0 Å². The fraction of sp³-hybridized carbons (Fsp3) is 0.444. The maximum absolute atomic E-state index is 13.2. The molecule has 1 aromatic carbocycles. The van der Waals surface area contributed by atoms with Crippen LogP contribution in [0, 0.1) is 0 Å². The van der Waals surface area contributed by atoms with Crippen LogP contribution in [0.3, 0.4) is 0 Å². The molecular formula is C18H19F2N5O2S. The van der Waals surface area contributed by atoms with Crippen LogP contribution in [0.5, 0.6) is 0 Å². The van der Waals surface area contributed by atoms with Crippen molar-refractivity contribution in [2.45, 2.75) is 38.5 Å². The lowest BCUT2D eigenvalue weighted by Crippen LogP contribution is -2.33. The highest BCUT2D eigenvalue weighted by Gasteiger charge is 2.33. The van der Waals surface area contributed by atoms with E-state index in [1.165, 1.54) is 11.5 Å². The van der Waals surface area contributed by atoms with E-state index in [2.05, 4.69) is 14.3 Å². The Morgan fingerprint density at radius 1 is 1.32 bits per heavy atom. The number of ether oxygens (including phenoxy) is 1. The molecule has 0 bridgehead atoms. The Kier molecular flexibility index (Phi) is 5.31. The molecule has 28 heavy (non-hydrogen) atoms. The summed E-state index contributed by atoms with van der Waals surface area (Å²) >= 11 is 1.23. The summed E-state index contributed by atoms with van der Waals surface area (Å²) in [6.07, 6.45) is -1.10. The molecule has 0 N–H and O–H groups in total. The SMILES string of the molecule is COCc1nsc(N2CCCC2c2nc3ccccc3c(=O)n2CC(F)F)n1. The van der Waals surface area contributed by atoms with Gasteiger partial charge >= 0.3 is 0 Å². The lowest BCUT2D eigenvalue weighted by molar-refractivity contribution is 0.123. The Bertz CT molecular complexity index is 1040. The highest BCUT2D eigenvalue weighted by molar-refractivity contribution is 7.09. The van der Waals surface area contributed by atoms with Gasteiger partial charge in [-0.2, -0.15) is 4.37 Å². The Labute approximate surface area is 163 Å². The predicted octanol–water partition coefficient (Wildman–Crippen LogP) is 3.00. The van der Waals surface area contributed by atoms with Crippen LogP contribution in [0.2, 0.25) is 0 Å². The van der Waals surface area contributed by atoms with Gasteiger partial charge in [0, 0.05) is 25.2 Å². The van der Waals surface area contributed by atoms with Crippen LogP contribution in [-0.4, -0.2) is 39.0 Å². The summed E-state index contributed by atoms with van der Waals surface area (Å²) in [6.45, 7) is 0.324. The Morgan fingerprint density at radius 3 is 2.93 bits per heavy atom. The first-order valence-electron chi connectivity index (χ1n) is 8.94. The van der Waals surface area contributed by atoms with Gasteiger partial charge in [-0.25, -0.2) is 18.7 Å². The largest absolute Gasteiger partial charge is 0.377 e. The number of anilines is 1. The number of alkyl halides is 2. The molecule has 10 heteroatoms. The van der Waals surface area contributed by atoms with E-state index in [-0.39, 0.29) is 6.04 Å². The highest BCUT2D eigenvalue weighted by atomic mass is 32.1. The van der Waals surface area contributed by atoms with Crippen LogP contribution in [-0.2, 0) is 17.9 Å². The van der Waals surface area contributed by atoms with Gasteiger partial charge < -0.3 is 9.64 Å². The van der Waals surface area contributed by atoms with Crippen molar-refractivity contribution in [3.8, 4) is 0 Å². The number of methoxy groups -OCH3 is 1. The normalized spacial score (nSPS) is 17.1. The summed E-state index contributed by atoms with van der Waals surface area (Å²) < 4.78 is 36.9. The third-order valence-corrected chi connectivity index (χ3v) is 5.53. The van der Waals surface area contributed by atoms with Gasteiger partial charge in [0.25, 0.3) is 12.0 Å². The zero-order valence-electron chi connectivity index (χ0n) is 15.2. The predicted molar refractivity (Wildman–Crippen MR) is 102 cm³/mol. The van der Waals surface area contributed by atoms with Crippen LogP contribution in [0.4, 0.5) is 13.9 Å². The second-order valence-electron chi connectivity index (χ2n) is 6.57. The third kappa shape index (κ3) is 3.49. The molecular weight excluding hydrogens is 388 g/mol. The number of hydrogen-bond donors (Lipinski definition) is 0. The van der Waals surface area contributed by atoms with Crippen molar-refractivity contribution in [2.24, 2.45) is 0 Å². The number of hydrogen-bond acceptors (Lipinski definition) is 7. The minimum absolute atomic E-state index is 0.305. The minimum atomic E-state index is -2.65. The van der Waals surface area contributed by atoms with Crippen LogP contribution < -0.4 is 10.5 Å². The fourth-order valence-corrected chi connectivity index (χ4v) is 4.32. The van der Waals surface area contributed by atoms with Gasteiger partial charge in [-0.15, -0.1) is 0 Å². The van der Waals surface area contributed by atoms with Gasteiger partial charge in [0.1, 0.15) is 12.4 Å². The van der Waals surface area contributed by atoms with Gasteiger partial charge in [-0.3, -0.25) is 9.36 Å². The molecule has 0 saturated carbocycles. The van der Waals surface area contributed by atoms with E-state index in [1.54, 1.807) is 31.4 Å². The van der Waals surface area contributed by atoms with Crippen LogP contribution in [0.15, 0.2) is 29.1 Å². The van der Waals surface area contributed by atoms with E-state index >= 15 is 0 Å². The highest BCUT2D eigenvalue weighted by Crippen LogP contribution is 2.36. The monoisotopic (exact) mass is 407 g/mol. The molecule has 3 heterocycles. The summed E-state index contributed by atoms with van der Waals surface area (Å²) in [5.74, 6) is 0.926. The average Bonchev–Trinajstić information content (AvgIpc) is 3.33. The van der Waals surface area contributed by atoms with Gasteiger partial charge in [0.2, 0.25) is 5.13 Å². The van der Waals surface area contributed by atoms with Crippen molar-refractivity contribution in [1.82, 2.24) is 18.9 Å². The van der Waals surface area contributed by atoms with Crippen molar-refractivity contribution < 1.29 is 13.5 Å². The third-order valence-electron chi connectivity index (χ3n) is 4.74. The van der Waals surface area contributed by atoms with Crippen LogP contribution in [0.1, 0.15) is 30.5 Å². The zero-order valence-corrected chi connectivity index (χ0v) is 16.0. The number of benzene rings is 1. The van der Waals surface area contributed by atoms with E-state index in [9.17, 15) is 13.6 Å². The Hall–Kier alpha value is -2.46. The number of aromatic nitrogens is 4. The number of nitrogens with zero attached hydrogens (tertiary/aromatic N) is 5. The van der Waals surface area contributed by atoms with Gasteiger partial charge in [0.15, 0.2) is 5.82 Å². The number of halogens is 2. The first-order valence-corrected chi connectivity index (χ1v) is 9.71. The van der Waals surface area contributed by atoms with Gasteiger partial charge in [0.05, 0.1) is 23.5 Å². The van der Waals surface area contributed by atoms with E-state index in [1.807, 2.05) is 4.90 Å². The molecule has 1 saturated heterocycles. The van der Waals surface area contributed by atoms with Gasteiger partial charge in [-0.05, 0) is 25.0 Å². The van der Waals surface area contributed by atoms with E-state index in [0.717, 1.165) is 11.0 Å². The maximum atomic E-state index is 13.2. The Morgan fingerprint density at radius 2 is 2.14 bits per heavy atom. The summed E-state index contributed by atoms with van der Waals surface area (Å²) in [5.41, 5.74) is 0.0716. The smallest absolute Gasteiger partial charge is 0.261 e. The maximum Gasteiger partial charge on any atom is 0.261 e. The van der Waals surface area contributed by atoms with E-state index < -0.39 is 18.5 Å².